The summed E-state index contributed by atoms with van der Waals surface area (Å²) >= 11 is 3.20. The van der Waals surface area contributed by atoms with Crippen LogP contribution in [-0.4, -0.2) is 29.9 Å². The lowest BCUT2D eigenvalue weighted by molar-refractivity contribution is -0.127. The van der Waals surface area contributed by atoms with Gasteiger partial charge < -0.3 is 10.2 Å². The molecule has 0 aromatic heterocycles. The molecular formula is C23H25BrFN3O2. The Morgan fingerprint density at radius 3 is 2.33 bits per heavy atom. The third-order valence-corrected chi connectivity index (χ3v) is 5.94. The molecule has 0 saturated heterocycles. The molecule has 1 atom stereocenters. The number of rotatable bonds is 5. The smallest absolute Gasteiger partial charge is 0.326 e. The molecule has 158 valence electrons. The highest BCUT2D eigenvalue weighted by Crippen LogP contribution is 2.35. The van der Waals surface area contributed by atoms with E-state index < -0.39 is 11.9 Å². The summed E-state index contributed by atoms with van der Waals surface area (Å²) in [6.07, 6.45) is 0. The minimum absolute atomic E-state index is 0.153. The van der Waals surface area contributed by atoms with E-state index in [2.05, 4.69) is 21.2 Å². The Morgan fingerprint density at radius 1 is 1.13 bits per heavy atom. The average Bonchev–Trinajstić information content (AvgIpc) is 2.71. The van der Waals surface area contributed by atoms with Crippen molar-refractivity contribution in [3.63, 3.8) is 0 Å². The van der Waals surface area contributed by atoms with Crippen LogP contribution in [0, 0.1) is 12.7 Å². The first kappa shape index (κ1) is 22.0. The van der Waals surface area contributed by atoms with Gasteiger partial charge in [-0.2, -0.15) is 0 Å². The fourth-order valence-corrected chi connectivity index (χ4v) is 4.04. The second kappa shape index (κ2) is 9.00. The molecule has 5 nitrogen and oxygen atoms in total. The maximum absolute atomic E-state index is 13.8. The van der Waals surface area contributed by atoms with E-state index in [1.54, 1.807) is 24.0 Å². The number of halogens is 2. The average molecular weight is 474 g/mol. The van der Waals surface area contributed by atoms with Gasteiger partial charge in [-0.05, 0) is 73.5 Å². The zero-order valence-electron chi connectivity index (χ0n) is 17.5. The summed E-state index contributed by atoms with van der Waals surface area (Å²) in [5, 5.41) is 2.95. The molecule has 1 aliphatic rings. The molecule has 3 amide bonds. The van der Waals surface area contributed by atoms with Crippen molar-refractivity contribution in [3.8, 4) is 0 Å². The summed E-state index contributed by atoms with van der Waals surface area (Å²) in [4.78, 5) is 29.8. The first-order valence-electron chi connectivity index (χ1n) is 9.90. The Kier molecular flexibility index (Phi) is 6.61. The largest absolute Gasteiger partial charge is 0.339 e. The van der Waals surface area contributed by atoms with E-state index in [0.717, 1.165) is 5.56 Å². The van der Waals surface area contributed by atoms with Gasteiger partial charge in [0.05, 0.1) is 21.8 Å². The van der Waals surface area contributed by atoms with Gasteiger partial charge in [-0.1, -0.05) is 23.8 Å². The highest BCUT2D eigenvalue weighted by atomic mass is 79.9. The normalized spacial score (nSPS) is 16.5. The van der Waals surface area contributed by atoms with Gasteiger partial charge in [-0.25, -0.2) is 9.18 Å². The van der Waals surface area contributed by atoms with Crippen LogP contribution in [0.1, 0.15) is 37.9 Å². The first-order chi connectivity index (χ1) is 14.3. The summed E-state index contributed by atoms with van der Waals surface area (Å²) in [6.45, 7) is 8.68. The van der Waals surface area contributed by atoms with Gasteiger partial charge in [0.2, 0.25) is 0 Å². The van der Waals surface area contributed by atoms with Crippen LogP contribution < -0.4 is 10.2 Å². The molecule has 2 aromatic rings. The second-order valence-corrected chi connectivity index (χ2v) is 8.06. The van der Waals surface area contributed by atoms with Crippen molar-refractivity contribution in [2.75, 3.05) is 18.0 Å². The van der Waals surface area contributed by atoms with Crippen molar-refractivity contribution in [3.05, 3.63) is 75.2 Å². The first-order valence-corrected chi connectivity index (χ1v) is 10.7. The maximum Gasteiger partial charge on any atom is 0.326 e. The van der Waals surface area contributed by atoms with Crippen molar-refractivity contribution in [2.45, 2.75) is 33.7 Å². The number of carbonyl (C=O) groups excluding carboxylic acids is 2. The lowest BCUT2D eigenvalue weighted by atomic mass is 9.93. The van der Waals surface area contributed by atoms with Crippen molar-refractivity contribution in [1.82, 2.24) is 10.2 Å². The van der Waals surface area contributed by atoms with Crippen molar-refractivity contribution < 1.29 is 14.0 Å². The quantitative estimate of drug-likeness (QED) is 0.639. The van der Waals surface area contributed by atoms with Crippen LogP contribution in [-0.2, 0) is 4.79 Å². The predicted molar refractivity (Wildman–Crippen MR) is 120 cm³/mol. The molecule has 2 aromatic carbocycles. The van der Waals surface area contributed by atoms with E-state index in [0.29, 0.717) is 35.6 Å². The number of benzene rings is 2. The van der Waals surface area contributed by atoms with E-state index in [1.807, 2.05) is 45.0 Å². The highest BCUT2D eigenvalue weighted by Gasteiger charge is 2.37. The van der Waals surface area contributed by atoms with Crippen LogP contribution in [0.15, 0.2) is 58.2 Å². The van der Waals surface area contributed by atoms with E-state index in [4.69, 9.17) is 0 Å². The molecule has 0 saturated carbocycles. The number of carbonyl (C=O) groups is 2. The number of allylic oxidation sites excluding steroid dienone is 1. The molecule has 7 heteroatoms. The molecule has 0 unspecified atom stereocenters. The van der Waals surface area contributed by atoms with Crippen LogP contribution in [0.3, 0.4) is 0 Å². The van der Waals surface area contributed by atoms with Crippen LogP contribution in [0.25, 0.3) is 0 Å². The van der Waals surface area contributed by atoms with Gasteiger partial charge >= 0.3 is 6.03 Å². The number of hydrogen-bond donors (Lipinski definition) is 1. The number of likely N-dealkylation sites (N-methyl/N-ethyl adjacent to an activating group) is 1. The number of nitrogens with zero attached hydrogens (tertiary/aromatic N) is 2. The number of urea groups is 1. The summed E-state index contributed by atoms with van der Waals surface area (Å²) in [5.41, 5.74) is 3.42. The molecule has 0 bridgehead atoms. The van der Waals surface area contributed by atoms with E-state index >= 15 is 0 Å². The van der Waals surface area contributed by atoms with Gasteiger partial charge in [0.15, 0.2) is 0 Å². The van der Waals surface area contributed by atoms with Crippen molar-refractivity contribution >= 4 is 33.6 Å². The molecule has 0 spiro atoms. The molecule has 1 aliphatic heterocycles. The van der Waals surface area contributed by atoms with E-state index in [-0.39, 0.29) is 16.4 Å². The zero-order valence-corrected chi connectivity index (χ0v) is 19.1. The lowest BCUT2D eigenvalue weighted by Gasteiger charge is -2.37. The molecule has 3 rings (SSSR count). The molecule has 0 fully saturated rings. The molecule has 1 N–H and O–H groups in total. The fourth-order valence-electron chi connectivity index (χ4n) is 3.65. The molecule has 0 aliphatic carbocycles. The second-order valence-electron chi connectivity index (χ2n) is 7.20. The topological polar surface area (TPSA) is 52.7 Å². The van der Waals surface area contributed by atoms with Gasteiger partial charge in [-0.15, -0.1) is 0 Å². The monoisotopic (exact) mass is 473 g/mol. The van der Waals surface area contributed by atoms with Gasteiger partial charge in [-0.3, -0.25) is 9.69 Å². The number of amides is 3. The molecular weight excluding hydrogens is 449 g/mol. The minimum Gasteiger partial charge on any atom is -0.339 e. The SMILES string of the molecule is CCN(CC)C(=O)C1=C(C)N(c2ccc(C)cc2)C(=O)N[C@H]1c1ccc(F)c(Br)c1. The number of nitrogens with one attached hydrogen (secondary N) is 1. The predicted octanol–water partition coefficient (Wildman–Crippen LogP) is 5.31. The molecule has 0 radical (unpaired) electrons. The Bertz CT molecular complexity index is 1000. The minimum atomic E-state index is -0.677. The standard InChI is InChI=1S/C23H25BrFN3O2/c1-5-27(6-2)22(29)20-15(4)28(17-10-7-14(3)8-11-17)23(30)26-21(20)16-9-12-19(25)18(24)13-16/h7-13,21H,5-6H2,1-4H3,(H,26,30)/t21-/m0/s1. The fraction of sp³-hybridized carbons (Fsp3) is 0.304. The van der Waals surface area contributed by atoms with Gasteiger partial charge in [0, 0.05) is 18.8 Å². The van der Waals surface area contributed by atoms with Gasteiger partial charge in [0.25, 0.3) is 5.91 Å². The van der Waals surface area contributed by atoms with Crippen LogP contribution in [0.4, 0.5) is 14.9 Å². The highest BCUT2D eigenvalue weighted by molar-refractivity contribution is 9.10. The van der Waals surface area contributed by atoms with E-state index in [9.17, 15) is 14.0 Å². The van der Waals surface area contributed by atoms with Crippen molar-refractivity contribution in [2.24, 2.45) is 0 Å². The van der Waals surface area contributed by atoms with Crippen LogP contribution in [0.5, 0.6) is 0 Å². The van der Waals surface area contributed by atoms with Crippen molar-refractivity contribution in [1.29, 1.82) is 0 Å². The number of hydrogen-bond acceptors (Lipinski definition) is 2. The Labute approximate surface area is 184 Å². The Balaban J connectivity index is 2.17. The summed E-state index contributed by atoms with van der Waals surface area (Å²) in [5.74, 6) is -0.556. The zero-order chi connectivity index (χ0) is 22.0. The number of aryl methyl sites for hydroxylation is 1. The lowest BCUT2D eigenvalue weighted by Crippen LogP contribution is -2.50. The third-order valence-electron chi connectivity index (χ3n) is 5.34. The van der Waals surface area contributed by atoms with Crippen LogP contribution >= 0.6 is 15.9 Å². The van der Waals surface area contributed by atoms with E-state index in [1.165, 1.54) is 11.0 Å². The van der Waals surface area contributed by atoms with Crippen LogP contribution in [0.2, 0.25) is 0 Å². The molecule has 1 heterocycles. The Hall–Kier alpha value is -2.67. The number of anilines is 1. The summed E-state index contributed by atoms with van der Waals surface area (Å²) in [7, 11) is 0. The summed E-state index contributed by atoms with van der Waals surface area (Å²) in [6, 6.07) is 11.1. The molecule has 30 heavy (non-hydrogen) atoms. The Morgan fingerprint density at radius 2 is 1.77 bits per heavy atom. The maximum atomic E-state index is 13.8. The van der Waals surface area contributed by atoms with Gasteiger partial charge in [0.1, 0.15) is 5.82 Å². The summed E-state index contributed by atoms with van der Waals surface area (Å²) < 4.78 is 14.1. The third kappa shape index (κ3) is 4.12.